The molecule has 2 aliphatic rings. The van der Waals surface area contributed by atoms with Gasteiger partial charge in [-0.25, -0.2) is 9.97 Å². The van der Waals surface area contributed by atoms with Crippen molar-refractivity contribution in [2.45, 2.75) is 57.7 Å². The maximum Gasteiger partial charge on any atom is 0.225 e. The molecular formula is C18H30N4O2. The fourth-order valence-corrected chi connectivity index (χ4v) is 3.96. The first kappa shape index (κ1) is 17.6. The van der Waals surface area contributed by atoms with Crippen molar-refractivity contribution < 1.29 is 9.84 Å². The number of likely N-dealkylation sites (N-methyl/N-ethyl adjacent to an activating group) is 1. The average molecular weight is 334 g/mol. The van der Waals surface area contributed by atoms with Gasteiger partial charge in [-0.2, -0.15) is 0 Å². The second-order valence-corrected chi connectivity index (χ2v) is 7.16. The molecule has 0 amide bonds. The monoisotopic (exact) mass is 334 g/mol. The first-order valence-corrected chi connectivity index (χ1v) is 9.09. The zero-order valence-electron chi connectivity index (χ0n) is 15.1. The Morgan fingerprint density at radius 3 is 2.38 bits per heavy atom. The molecular weight excluding hydrogens is 304 g/mol. The topological polar surface area (TPSA) is 61.7 Å². The molecule has 24 heavy (non-hydrogen) atoms. The van der Waals surface area contributed by atoms with E-state index >= 15 is 0 Å². The van der Waals surface area contributed by atoms with E-state index in [2.05, 4.69) is 26.8 Å². The van der Waals surface area contributed by atoms with E-state index in [1.54, 1.807) is 0 Å². The van der Waals surface area contributed by atoms with Gasteiger partial charge in [0.05, 0.1) is 6.10 Å². The minimum atomic E-state index is -0.297. The molecule has 0 spiro atoms. The van der Waals surface area contributed by atoms with E-state index < -0.39 is 0 Å². The summed E-state index contributed by atoms with van der Waals surface area (Å²) in [5, 5.41) is 10.7. The van der Waals surface area contributed by atoms with Gasteiger partial charge < -0.3 is 14.7 Å². The second kappa shape index (κ2) is 7.76. The fraction of sp³-hybridized carbons (Fsp3) is 0.778. The third-order valence-corrected chi connectivity index (χ3v) is 5.38. The van der Waals surface area contributed by atoms with Crippen molar-refractivity contribution in [3.8, 4) is 0 Å². The highest BCUT2D eigenvalue weighted by atomic mass is 16.5. The Balaban J connectivity index is 1.68. The standard InChI is InChI=1S/C18H30N4O2/c1-13-12-14(2)20-18(19-13)22-8-4-16(17(23)5-9-22)21(3)15-6-10-24-11-7-15/h12,15-17,23H,4-11H2,1-3H3/t16-,17-/m0/s1. The van der Waals surface area contributed by atoms with Gasteiger partial charge in [-0.15, -0.1) is 0 Å². The van der Waals surface area contributed by atoms with Gasteiger partial charge in [-0.1, -0.05) is 0 Å². The van der Waals surface area contributed by atoms with E-state index in [1.165, 1.54) is 0 Å². The first-order valence-electron chi connectivity index (χ1n) is 9.09. The molecule has 1 N–H and O–H groups in total. The van der Waals surface area contributed by atoms with Crippen molar-refractivity contribution in [3.63, 3.8) is 0 Å². The van der Waals surface area contributed by atoms with Gasteiger partial charge in [0.25, 0.3) is 0 Å². The van der Waals surface area contributed by atoms with Crippen LogP contribution >= 0.6 is 0 Å². The minimum Gasteiger partial charge on any atom is -0.391 e. The van der Waals surface area contributed by atoms with E-state index in [0.29, 0.717) is 6.04 Å². The summed E-state index contributed by atoms with van der Waals surface area (Å²) in [6.45, 7) is 7.38. The zero-order valence-corrected chi connectivity index (χ0v) is 15.1. The van der Waals surface area contributed by atoms with Crippen molar-refractivity contribution in [1.82, 2.24) is 14.9 Å². The molecule has 6 nitrogen and oxygen atoms in total. The van der Waals surface area contributed by atoms with Crippen LogP contribution in [0.5, 0.6) is 0 Å². The summed E-state index contributed by atoms with van der Waals surface area (Å²) in [5.74, 6) is 0.800. The average Bonchev–Trinajstić information content (AvgIpc) is 2.76. The van der Waals surface area contributed by atoms with Crippen LogP contribution in [-0.4, -0.2) is 71.5 Å². The number of aliphatic hydroxyl groups is 1. The predicted molar refractivity (Wildman–Crippen MR) is 94.4 cm³/mol. The lowest BCUT2D eigenvalue weighted by Gasteiger charge is -2.38. The lowest BCUT2D eigenvalue weighted by molar-refractivity contribution is -0.00757. The van der Waals surface area contributed by atoms with E-state index in [4.69, 9.17) is 4.74 Å². The lowest BCUT2D eigenvalue weighted by Crippen LogP contribution is -2.48. The smallest absolute Gasteiger partial charge is 0.225 e. The van der Waals surface area contributed by atoms with Crippen LogP contribution in [-0.2, 0) is 4.74 Å². The Morgan fingerprint density at radius 2 is 1.71 bits per heavy atom. The van der Waals surface area contributed by atoms with Crippen LogP contribution in [0.4, 0.5) is 5.95 Å². The third kappa shape index (κ3) is 4.05. The van der Waals surface area contributed by atoms with Gasteiger partial charge in [-0.3, -0.25) is 4.90 Å². The number of hydrogen-bond donors (Lipinski definition) is 1. The molecule has 6 heteroatoms. The minimum absolute atomic E-state index is 0.198. The zero-order chi connectivity index (χ0) is 17.1. The Hall–Kier alpha value is -1.24. The molecule has 1 aromatic heterocycles. The lowest BCUT2D eigenvalue weighted by atomic mass is 9.99. The Labute approximate surface area is 144 Å². The van der Waals surface area contributed by atoms with Crippen LogP contribution in [0.2, 0.25) is 0 Å². The normalized spacial score (nSPS) is 26.6. The molecule has 2 aliphatic heterocycles. The molecule has 2 saturated heterocycles. The summed E-state index contributed by atoms with van der Waals surface area (Å²) in [5.41, 5.74) is 2.00. The Bertz CT molecular complexity index is 528. The molecule has 2 fully saturated rings. The quantitative estimate of drug-likeness (QED) is 0.905. The van der Waals surface area contributed by atoms with Gasteiger partial charge >= 0.3 is 0 Å². The van der Waals surface area contributed by atoms with Gasteiger partial charge in [-0.05, 0) is 52.6 Å². The number of aromatic nitrogens is 2. The van der Waals surface area contributed by atoms with E-state index in [0.717, 1.165) is 69.3 Å². The maximum absolute atomic E-state index is 10.7. The van der Waals surface area contributed by atoms with Gasteiger partial charge in [0.2, 0.25) is 5.95 Å². The fourth-order valence-electron chi connectivity index (χ4n) is 3.96. The SMILES string of the molecule is Cc1cc(C)nc(N2CC[C@H](O)[C@@H](N(C)C3CCOCC3)CC2)n1. The summed E-state index contributed by atoms with van der Waals surface area (Å²) in [4.78, 5) is 13.8. The molecule has 3 rings (SSSR count). The van der Waals surface area contributed by atoms with Crippen LogP contribution in [0, 0.1) is 13.8 Å². The number of nitrogens with zero attached hydrogens (tertiary/aromatic N) is 4. The van der Waals surface area contributed by atoms with E-state index in [1.807, 2.05) is 19.9 Å². The summed E-state index contributed by atoms with van der Waals surface area (Å²) < 4.78 is 5.47. The largest absolute Gasteiger partial charge is 0.391 e. The van der Waals surface area contributed by atoms with E-state index in [-0.39, 0.29) is 12.1 Å². The highest BCUT2D eigenvalue weighted by molar-refractivity contribution is 5.32. The number of ether oxygens (including phenoxy) is 1. The highest BCUT2D eigenvalue weighted by Gasteiger charge is 2.32. The van der Waals surface area contributed by atoms with Crippen LogP contribution in [0.3, 0.4) is 0 Å². The molecule has 0 radical (unpaired) electrons. The summed E-state index contributed by atoms with van der Waals surface area (Å²) >= 11 is 0. The summed E-state index contributed by atoms with van der Waals surface area (Å²) in [7, 11) is 2.16. The summed E-state index contributed by atoms with van der Waals surface area (Å²) in [6.07, 6.45) is 3.52. The second-order valence-electron chi connectivity index (χ2n) is 7.16. The van der Waals surface area contributed by atoms with Crippen LogP contribution in [0.25, 0.3) is 0 Å². The predicted octanol–water partition coefficient (Wildman–Crippen LogP) is 1.53. The van der Waals surface area contributed by atoms with Crippen LogP contribution in [0.15, 0.2) is 6.07 Å². The number of aryl methyl sites for hydroxylation is 2. The number of aliphatic hydroxyl groups excluding tert-OH is 1. The van der Waals surface area contributed by atoms with E-state index in [9.17, 15) is 5.11 Å². The van der Waals surface area contributed by atoms with Crippen molar-refractivity contribution in [3.05, 3.63) is 17.5 Å². The molecule has 0 bridgehead atoms. The van der Waals surface area contributed by atoms with Crippen LogP contribution < -0.4 is 4.90 Å². The van der Waals surface area contributed by atoms with Crippen LogP contribution in [0.1, 0.15) is 37.1 Å². The highest BCUT2D eigenvalue weighted by Crippen LogP contribution is 2.24. The maximum atomic E-state index is 10.7. The molecule has 0 saturated carbocycles. The van der Waals surface area contributed by atoms with Crippen molar-refractivity contribution in [1.29, 1.82) is 0 Å². The van der Waals surface area contributed by atoms with Gasteiger partial charge in [0.15, 0.2) is 0 Å². The molecule has 1 aromatic rings. The van der Waals surface area contributed by atoms with Crippen molar-refractivity contribution in [2.24, 2.45) is 0 Å². The number of rotatable bonds is 3. The first-order chi connectivity index (χ1) is 11.5. The molecule has 3 heterocycles. The van der Waals surface area contributed by atoms with Gasteiger partial charge in [0, 0.05) is 49.8 Å². The number of hydrogen-bond acceptors (Lipinski definition) is 6. The molecule has 0 aliphatic carbocycles. The summed E-state index contributed by atoms with van der Waals surface area (Å²) in [6, 6.07) is 2.71. The molecule has 0 unspecified atom stereocenters. The Morgan fingerprint density at radius 1 is 1.08 bits per heavy atom. The van der Waals surface area contributed by atoms with Crippen molar-refractivity contribution >= 4 is 5.95 Å². The molecule has 2 atom stereocenters. The molecule has 134 valence electrons. The third-order valence-electron chi connectivity index (χ3n) is 5.38. The van der Waals surface area contributed by atoms with Crippen molar-refractivity contribution in [2.75, 3.05) is 38.3 Å². The Kier molecular flexibility index (Phi) is 5.69. The molecule has 0 aromatic carbocycles. The number of anilines is 1. The van der Waals surface area contributed by atoms with Gasteiger partial charge in [0.1, 0.15) is 0 Å².